The van der Waals surface area contributed by atoms with Gasteiger partial charge >= 0.3 is 0 Å². The number of anilines is 2. The molecule has 144 valence electrons. The van der Waals surface area contributed by atoms with Crippen molar-refractivity contribution in [3.63, 3.8) is 0 Å². The van der Waals surface area contributed by atoms with Gasteiger partial charge in [-0.1, -0.05) is 18.2 Å². The number of amides is 1. The summed E-state index contributed by atoms with van der Waals surface area (Å²) in [5.74, 6) is 0.257. The largest absolute Gasteiger partial charge is 0.493 e. The number of Topliss-reactive ketones (excluding diaryl/α,β-unsaturated/α-hetero) is 1. The van der Waals surface area contributed by atoms with Crippen LogP contribution in [0.25, 0.3) is 11.0 Å². The minimum Gasteiger partial charge on any atom is -0.493 e. The second kappa shape index (κ2) is 7.59. The maximum Gasteiger partial charge on any atom is 0.262 e. The first kappa shape index (κ1) is 18.4. The Morgan fingerprint density at radius 3 is 2.38 bits per heavy atom. The number of benzene rings is 2. The van der Waals surface area contributed by atoms with E-state index in [1.807, 2.05) is 30.3 Å². The fourth-order valence-corrected chi connectivity index (χ4v) is 3.18. The standard InChI is InChI=1S/C23H18N2O4/c1-15(26)21-14-18-19(8-9-20(28-2)22(18)29-21)25(17-6-4-3-5-7-17)23(27)16-10-12-24-13-11-16/h3-14H,1-2H3. The van der Waals surface area contributed by atoms with Crippen LogP contribution in [0.4, 0.5) is 11.4 Å². The molecule has 2 aromatic carbocycles. The molecule has 1 amide bonds. The van der Waals surface area contributed by atoms with Crippen LogP contribution in [-0.4, -0.2) is 23.8 Å². The second-order valence-electron chi connectivity index (χ2n) is 6.41. The van der Waals surface area contributed by atoms with Crippen LogP contribution in [0.15, 0.2) is 77.5 Å². The molecule has 29 heavy (non-hydrogen) atoms. The number of rotatable bonds is 5. The number of methoxy groups -OCH3 is 1. The Hall–Kier alpha value is -3.93. The Morgan fingerprint density at radius 1 is 1.00 bits per heavy atom. The molecular formula is C23H18N2O4. The molecule has 0 aliphatic heterocycles. The topological polar surface area (TPSA) is 72.6 Å². The predicted octanol–water partition coefficient (Wildman–Crippen LogP) is 5.02. The van der Waals surface area contributed by atoms with Crippen molar-refractivity contribution in [2.24, 2.45) is 0 Å². The van der Waals surface area contributed by atoms with Gasteiger partial charge in [-0.15, -0.1) is 0 Å². The first-order valence-corrected chi connectivity index (χ1v) is 9.01. The van der Waals surface area contributed by atoms with E-state index in [2.05, 4.69) is 4.98 Å². The van der Waals surface area contributed by atoms with Gasteiger partial charge in [0.1, 0.15) is 0 Å². The number of nitrogens with zero attached hydrogens (tertiary/aromatic N) is 2. The molecule has 6 heteroatoms. The molecule has 0 bridgehead atoms. The van der Waals surface area contributed by atoms with Gasteiger partial charge in [0.05, 0.1) is 12.8 Å². The minimum absolute atomic E-state index is 0.204. The van der Waals surface area contributed by atoms with Crippen LogP contribution in [-0.2, 0) is 0 Å². The Kier molecular flexibility index (Phi) is 4.83. The van der Waals surface area contributed by atoms with E-state index < -0.39 is 0 Å². The molecule has 0 aliphatic carbocycles. The van der Waals surface area contributed by atoms with Crippen LogP contribution in [0.3, 0.4) is 0 Å². The molecular weight excluding hydrogens is 368 g/mol. The molecule has 6 nitrogen and oxygen atoms in total. The summed E-state index contributed by atoms with van der Waals surface area (Å²) in [6, 6.07) is 17.8. The molecule has 4 aromatic rings. The van der Waals surface area contributed by atoms with Gasteiger partial charge in [-0.05, 0) is 42.5 Å². The predicted molar refractivity (Wildman–Crippen MR) is 110 cm³/mol. The van der Waals surface area contributed by atoms with E-state index >= 15 is 0 Å². The van der Waals surface area contributed by atoms with Crippen molar-refractivity contribution in [3.05, 3.63) is 84.4 Å². The number of furan rings is 1. The van der Waals surface area contributed by atoms with Gasteiger partial charge < -0.3 is 9.15 Å². The summed E-state index contributed by atoms with van der Waals surface area (Å²) in [5.41, 5.74) is 2.18. The van der Waals surface area contributed by atoms with Gasteiger partial charge in [0.15, 0.2) is 22.9 Å². The third-order valence-electron chi connectivity index (χ3n) is 4.58. The molecule has 0 N–H and O–H groups in total. The Balaban J connectivity index is 1.97. The molecule has 2 heterocycles. The number of aromatic nitrogens is 1. The fraction of sp³-hybridized carbons (Fsp3) is 0.0870. The lowest BCUT2D eigenvalue weighted by molar-refractivity contribution is 0.0985. The van der Waals surface area contributed by atoms with Gasteiger partial charge in [-0.3, -0.25) is 19.5 Å². The molecule has 0 fully saturated rings. The van der Waals surface area contributed by atoms with Crippen LogP contribution in [0.5, 0.6) is 5.75 Å². The van der Waals surface area contributed by atoms with Crippen molar-refractivity contribution in [3.8, 4) is 5.75 Å². The first-order chi connectivity index (χ1) is 14.1. The van der Waals surface area contributed by atoms with E-state index in [0.29, 0.717) is 33.7 Å². The molecule has 0 saturated heterocycles. The number of para-hydroxylation sites is 1. The van der Waals surface area contributed by atoms with Crippen molar-refractivity contribution in [1.29, 1.82) is 0 Å². The van der Waals surface area contributed by atoms with Gasteiger partial charge in [0.2, 0.25) is 0 Å². The number of carbonyl (C=O) groups excluding carboxylic acids is 2. The Labute approximate surface area is 167 Å². The van der Waals surface area contributed by atoms with Crippen LogP contribution in [0.1, 0.15) is 27.8 Å². The Morgan fingerprint density at radius 2 is 1.72 bits per heavy atom. The molecule has 0 spiro atoms. The molecule has 0 aliphatic rings. The third kappa shape index (κ3) is 3.36. The minimum atomic E-state index is -0.226. The van der Waals surface area contributed by atoms with E-state index in [1.54, 1.807) is 47.6 Å². The summed E-state index contributed by atoms with van der Waals surface area (Å²) in [6.07, 6.45) is 3.15. The molecule has 0 unspecified atom stereocenters. The van der Waals surface area contributed by atoms with Crippen molar-refractivity contribution < 1.29 is 18.7 Å². The molecule has 0 radical (unpaired) electrons. The average Bonchev–Trinajstić information content (AvgIpc) is 3.21. The van der Waals surface area contributed by atoms with Crippen LogP contribution >= 0.6 is 0 Å². The van der Waals surface area contributed by atoms with Gasteiger partial charge in [0.25, 0.3) is 5.91 Å². The van der Waals surface area contributed by atoms with E-state index in [-0.39, 0.29) is 17.5 Å². The van der Waals surface area contributed by atoms with Crippen molar-refractivity contribution in [2.45, 2.75) is 6.92 Å². The maximum atomic E-state index is 13.5. The van der Waals surface area contributed by atoms with E-state index in [0.717, 1.165) is 0 Å². The van der Waals surface area contributed by atoms with E-state index in [4.69, 9.17) is 9.15 Å². The van der Waals surface area contributed by atoms with Gasteiger partial charge in [-0.2, -0.15) is 0 Å². The zero-order valence-corrected chi connectivity index (χ0v) is 16.0. The Bertz CT molecular complexity index is 1180. The molecule has 0 atom stereocenters. The van der Waals surface area contributed by atoms with E-state index in [1.165, 1.54) is 14.0 Å². The zero-order valence-electron chi connectivity index (χ0n) is 16.0. The van der Waals surface area contributed by atoms with Crippen LogP contribution in [0, 0.1) is 0 Å². The smallest absolute Gasteiger partial charge is 0.262 e. The second-order valence-corrected chi connectivity index (χ2v) is 6.41. The number of ketones is 1. The van der Waals surface area contributed by atoms with Gasteiger partial charge in [-0.25, -0.2) is 0 Å². The number of hydrogen-bond donors (Lipinski definition) is 0. The highest BCUT2D eigenvalue weighted by atomic mass is 16.5. The molecule has 0 saturated carbocycles. The molecule has 2 aromatic heterocycles. The summed E-state index contributed by atoms with van der Waals surface area (Å²) < 4.78 is 11.1. The lowest BCUT2D eigenvalue weighted by atomic mass is 10.1. The highest BCUT2D eigenvalue weighted by Gasteiger charge is 2.25. The van der Waals surface area contributed by atoms with E-state index in [9.17, 15) is 9.59 Å². The third-order valence-corrected chi connectivity index (χ3v) is 4.58. The number of pyridine rings is 1. The summed E-state index contributed by atoms with van der Waals surface area (Å²) in [5, 5.41) is 0.612. The van der Waals surface area contributed by atoms with Crippen LogP contribution < -0.4 is 9.64 Å². The molecule has 4 rings (SSSR count). The lowest BCUT2D eigenvalue weighted by Gasteiger charge is -2.24. The number of carbonyl (C=O) groups is 2. The highest BCUT2D eigenvalue weighted by Crippen LogP contribution is 2.39. The highest BCUT2D eigenvalue weighted by molar-refractivity contribution is 6.15. The number of fused-ring (bicyclic) bond motifs is 1. The SMILES string of the molecule is COc1ccc(N(C(=O)c2ccncc2)c2ccccc2)c2cc(C(C)=O)oc12. The summed E-state index contributed by atoms with van der Waals surface area (Å²) in [7, 11) is 1.53. The monoisotopic (exact) mass is 386 g/mol. The number of ether oxygens (including phenoxy) is 1. The summed E-state index contributed by atoms with van der Waals surface area (Å²) in [6.45, 7) is 1.43. The summed E-state index contributed by atoms with van der Waals surface area (Å²) >= 11 is 0. The fourth-order valence-electron chi connectivity index (χ4n) is 3.18. The zero-order chi connectivity index (χ0) is 20.4. The maximum absolute atomic E-state index is 13.5. The quantitative estimate of drug-likeness (QED) is 0.451. The summed E-state index contributed by atoms with van der Waals surface area (Å²) in [4.78, 5) is 30.9. The van der Waals surface area contributed by atoms with Crippen LogP contribution in [0.2, 0.25) is 0 Å². The first-order valence-electron chi connectivity index (χ1n) is 9.01. The van der Waals surface area contributed by atoms with Gasteiger partial charge in [0, 0.05) is 36.0 Å². The van der Waals surface area contributed by atoms with Crippen molar-refractivity contribution in [2.75, 3.05) is 12.0 Å². The average molecular weight is 386 g/mol. The van der Waals surface area contributed by atoms with Crippen molar-refractivity contribution >= 4 is 34.0 Å². The number of hydrogen-bond acceptors (Lipinski definition) is 5. The van der Waals surface area contributed by atoms with Crippen molar-refractivity contribution in [1.82, 2.24) is 4.98 Å². The lowest BCUT2D eigenvalue weighted by Crippen LogP contribution is -2.26. The normalized spacial score (nSPS) is 10.7.